The zero-order chi connectivity index (χ0) is 11.6. The van der Waals surface area contributed by atoms with Gasteiger partial charge in [0.2, 0.25) is 0 Å². The molecular weight excluding hydrogens is 206 g/mol. The van der Waals surface area contributed by atoms with Gasteiger partial charge in [0.25, 0.3) is 0 Å². The van der Waals surface area contributed by atoms with Crippen molar-refractivity contribution in [2.75, 3.05) is 11.9 Å². The van der Waals surface area contributed by atoms with Crippen molar-refractivity contribution in [3.63, 3.8) is 0 Å². The number of carboxylic acid groups (broad SMARTS) is 1. The van der Waals surface area contributed by atoms with Gasteiger partial charge in [-0.05, 0) is 43.5 Å². The summed E-state index contributed by atoms with van der Waals surface area (Å²) >= 11 is 0. The molecule has 1 aliphatic carbocycles. The number of hydrogen-bond acceptors (Lipinski definition) is 3. The smallest absolute Gasteiger partial charge is 0.335 e. The lowest BCUT2D eigenvalue weighted by molar-refractivity contribution is -0.0202. The van der Waals surface area contributed by atoms with Crippen molar-refractivity contribution in [1.82, 2.24) is 0 Å². The average molecular weight is 221 g/mol. The number of hydrogen-bond donors (Lipinski definition) is 3. The van der Waals surface area contributed by atoms with Crippen LogP contribution < -0.4 is 5.32 Å². The Kier molecular flexibility index (Phi) is 2.83. The first-order chi connectivity index (χ1) is 7.59. The van der Waals surface area contributed by atoms with Crippen LogP contribution in [0.3, 0.4) is 0 Å². The standard InChI is InChI=1S/C12H15NO3/c14-11(15)9-2-4-10(5-3-9)13-8-12(16)6-1-7-12/h2-5,13,16H,1,6-8H2,(H,14,15). The predicted molar refractivity (Wildman–Crippen MR) is 60.7 cm³/mol. The fourth-order valence-corrected chi connectivity index (χ4v) is 1.76. The third kappa shape index (κ3) is 2.33. The van der Waals surface area contributed by atoms with Crippen LogP contribution in [0.15, 0.2) is 24.3 Å². The molecule has 0 radical (unpaired) electrons. The van der Waals surface area contributed by atoms with Crippen LogP contribution in [-0.4, -0.2) is 28.3 Å². The van der Waals surface area contributed by atoms with Crippen LogP contribution in [0, 0.1) is 0 Å². The van der Waals surface area contributed by atoms with E-state index < -0.39 is 11.6 Å². The first-order valence-corrected chi connectivity index (χ1v) is 5.39. The molecule has 86 valence electrons. The molecule has 0 bridgehead atoms. The van der Waals surface area contributed by atoms with E-state index in [1.165, 1.54) is 0 Å². The molecule has 2 rings (SSSR count). The van der Waals surface area contributed by atoms with Crippen LogP contribution in [0.5, 0.6) is 0 Å². The van der Waals surface area contributed by atoms with Crippen LogP contribution in [0.1, 0.15) is 29.6 Å². The molecule has 16 heavy (non-hydrogen) atoms. The van der Waals surface area contributed by atoms with Crippen molar-refractivity contribution in [2.24, 2.45) is 0 Å². The molecule has 0 atom stereocenters. The largest absolute Gasteiger partial charge is 0.478 e. The van der Waals surface area contributed by atoms with Crippen molar-refractivity contribution >= 4 is 11.7 Å². The molecule has 0 aliphatic heterocycles. The Morgan fingerprint density at radius 3 is 2.38 bits per heavy atom. The summed E-state index contributed by atoms with van der Waals surface area (Å²) in [5.74, 6) is -0.927. The summed E-state index contributed by atoms with van der Waals surface area (Å²) in [4.78, 5) is 10.6. The number of aliphatic hydroxyl groups is 1. The molecule has 1 fully saturated rings. The van der Waals surface area contributed by atoms with Gasteiger partial charge in [-0.15, -0.1) is 0 Å². The number of carboxylic acids is 1. The van der Waals surface area contributed by atoms with Crippen LogP contribution in [-0.2, 0) is 0 Å². The van der Waals surface area contributed by atoms with Gasteiger partial charge in [0.15, 0.2) is 0 Å². The summed E-state index contributed by atoms with van der Waals surface area (Å²) in [6, 6.07) is 6.53. The first kappa shape index (κ1) is 11.0. The van der Waals surface area contributed by atoms with Crippen molar-refractivity contribution in [3.8, 4) is 0 Å². The molecule has 1 saturated carbocycles. The predicted octanol–water partition coefficient (Wildman–Crippen LogP) is 1.71. The monoisotopic (exact) mass is 221 g/mol. The van der Waals surface area contributed by atoms with Gasteiger partial charge in [0.1, 0.15) is 0 Å². The maximum absolute atomic E-state index is 10.6. The Labute approximate surface area is 93.9 Å². The quantitative estimate of drug-likeness (QED) is 0.724. The molecular formula is C12H15NO3. The summed E-state index contributed by atoms with van der Waals surface area (Å²) in [7, 11) is 0. The minimum atomic E-state index is -0.927. The SMILES string of the molecule is O=C(O)c1ccc(NCC2(O)CCC2)cc1. The molecule has 1 aromatic rings. The molecule has 1 aromatic carbocycles. The Bertz CT molecular complexity index is 382. The molecule has 3 N–H and O–H groups in total. The number of benzene rings is 1. The molecule has 0 aromatic heterocycles. The minimum Gasteiger partial charge on any atom is -0.478 e. The Balaban J connectivity index is 1.92. The van der Waals surface area contributed by atoms with Crippen molar-refractivity contribution in [2.45, 2.75) is 24.9 Å². The molecule has 0 unspecified atom stereocenters. The van der Waals surface area contributed by atoms with Crippen LogP contribution in [0.25, 0.3) is 0 Å². The van der Waals surface area contributed by atoms with E-state index in [0.717, 1.165) is 24.9 Å². The second kappa shape index (κ2) is 4.14. The van der Waals surface area contributed by atoms with Crippen LogP contribution >= 0.6 is 0 Å². The molecule has 0 heterocycles. The summed E-state index contributed by atoms with van der Waals surface area (Å²) in [6.07, 6.45) is 2.76. The fraction of sp³-hybridized carbons (Fsp3) is 0.417. The van der Waals surface area contributed by atoms with E-state index in [-0.39, 0.29) is 5.56 Å². The molecule has 0 saturated heterocycles. The van der Waals surface area contributed by atoms with Crippen molar-refractivity contribution in [1.29, 1.82) is 0 Å². The zero-order valence-electron chi connectivity index (χ0n) is 8.94. The van der Waals surface area contributed by atoms with Gasteiger partial charge in [0.05, 0.1) is 11.2 Å². The Morgan fingerprint density at radius 1 is 1.31 bits per heavy atom. The summed E-state index contributed by atoms with van der Waals surface area (Å²) in [6.45, 7) is 0.527. The van der Waals surface area contributed by atoms with Gasteiger partial charge in [-0.2, -0.15) is 0 Å². The van der Waals surface area contributed by atoms with E-state index >= 15 is 0 Å². The lowest BCUT2D eigenvalue weighted by Gasteiger charge is -2.36. The number of nitrogens with one attached hydrogen (secondary N) is 1. The van der Waals surface area contributed by atoms with E-state index in [9.17, 15) is 9.90 Å². The minimum absolute atomic E-state index is 0.271. The Morgan fingerprint density at radius 2 is 1.94 bits per heavy atom. The van der Waals surface area contributed by atoms with Crippen LogP contribution in [0.2, 0.25) is 0 Å². The van der Waals surface area contributed by atoms with Gasteiger partial charge in [-0.25, -0.2) is 4.79 Å². The van der Waals surface area contributed by atoms with Gasteiger partial charge in [-0.1, -0.05) is 0 Å². The fourth-order valence-electron chi connectivity index (χ4n) is 1.76. The second-order valence-electron chi connectivity index (χ2n) is 4.31. The summed E-state index contributed by atoms with van der Waals surface area (Å²) in [5.41, 5.74) is 0.545. The first-order valence-electron chi connectivity index (χ1n) is 5.39. The van der Waals surface area contributed by atoms with Gasteiger partial charge in [-0.3, -0.25) is 0 Å². The van der Waals surface area contributed by atoms with E-state index in [1.54, 1.807) is 24.3 Å². The highest BCUT2D eigenvalue weighted by molar-refractivity contribution is 5.87. The van der Waals surface area contributed by atoms with Gasteiger partial charge < -0.3 is 15.5 Å². The summed E-state index contributed by atoms with van der Waals surface area (Å²) < 4.78 is 0. The maximum Gasteiger partial charge on any atom is 0.335 e. The van der Waals surface area contributed by atoms with E-state index in [4.69, 9.17) is 5.11 Å². The number of anilines is 1. The number of rotatable bonds is 4. The van der Waals surface area contributed by atoms with E-state index in [0.29, 0.717) is 6.54 Å². The highest BCUT2D eigenvalue weighted by atomic mass is 16.4. The lowest BCUT2D eigenvalue weighted by atomic mass is 9.80. The Hall–Kier alpha value is -1.55. The highest BCUT2D eigenvalue weighted by Gasteiger charge is 2.33. The summed E-state index contributed by atoms with van der Waals surface area (Å²) in [5, 5.41) is 21.7. The molecule has 0 amide bonds. The number of carbonyl (C=O) groups is 1. The topological polar surface area (TPSA) is 69.6 Å². The normalized spacial score (nSPS) is 17.6. The third-order valence-corrected chi connectivity index (χ3v) is 3.04. The molecule has 4 nitrogen and oxygen atoms in total. The number of aromatic carboxylic acids is 1. The molecule has 0 spiro atoms. The average Bonchev–Trinajstić information content (AvgIpc) is 2.24. The van der Waals surface area contributed by atoms with Gasteiger partial charge in [0, 0.05) is 12.2 Å². The van der Waals surface area contributed by atoms with E-state index in [2.05, 4.69) is 5.32 Å². The van der Waals surface area contributed by atoms with Crippen molar-refractivity contribution < 1.29 is 15.0 Å². The zero-order valence-corrected chi connectivity index (χ0v) is 8.94. The lowest BCUT2D eigenvalue weighted by Crippen LogP contribution is -2.43. The molecule has 1 aliphatic rings. The van der Waals surface area contributed by atoms with E-state index in [1.807, 2.05) is 0 Å². The molecule has 4 heteroatoms. The van der Waals surface area contributed by atoms with Crippen molar-refractivity contribution in [3.05, 3.63) is 29.8 Å². The van der Waals surface area contributed by atoms with Crippen LogP contribution in [0.4, 0.5) is 5.69 Å². The second-order valence-corrected chi connectivity index (χ2v) is 4.31. The highest BCUT2D eigenvalue weighted by Crippen LogP contribution is 2.31. The maximum atomic E-state index is 10.6. The van der Waals surface area contributed by atoms with Gasteiger partial charge >= 0.3 is 5.97 Å². The third-order valence-electron chi connectivity index (χ3n) is 3.04.